The first kappa shape index (κ1) is 12.2. The largest absolute Gasteiger partial charge is 0.465 e. The summed E-state index contributed by atoms with van der Waals surface area (Å²) in [5.74, 6) is -1.18. The Morgan fingerprint density at radius 2 is 2.20 bits per heavy atom. The lowest BCUT2D eigenvalue weighted by Crippen LogP contribution is -2.33. The maximum atomic E-state index is 11.9. The molecule has 1 saturated heterocycles. The molecule has 4 heteroatoms. The molecule has 0 saturated carbocycles. The molecule has 2 atom stereocenters. The molecule has 2 unspecified atom stereocenters. The van der Waals surface area contributed by atoms with Crippen LogP contribution in [0.2, 0.25) is 0 Å². The van der Waals surface area contributed by atoms with Gasteiger partial charge >= 0.3 is 5.97 Å². The predicted octanol–water partition coefficient (Wildman–Crippen LogP) is 1.32. The van der Waals surface area contributed by atoms with E-state index in [1.54, 1.807) is 6.92 Å². The first-order chi connectivity index (χ1) is 7.20. The highest BCUT2D eigenvalue weighted by molar-refractivity contribution is 6.01. The van der Waals surface area contributed by atoms with E-state index in [2.05, 4.69) is 0 Å². The van der Waals surface area contributed by atoms with Crippen LogP contribution in [0.4, 0.5) is 0 Å². The van der Waals surface area contributed by atoms with Crippen LogP contribution in [0.3, 0.4) is 0 Å². The van der Waals surface area contributed by atoms with Gasteiger partial charge in [-0.3, -0.25) is 9.59 Å². The average Bonchev–Trinajstić information content (AvgIpc) is 2.71. The topological polar surface area (TPSA) is 52.6 Å². The molecular formula is C11H18O4. The Labute approximate surface area is 89.9 Å². The highest BCUT2D eigenvalue weighted by Crippen LogP contribution is 2.19. The Kier molecular flexibility index (Phi) is 4.75. The number of hydrogen-bond donors (Lipinski definition) is 0. The number of carbonyl (C=O) groups excluding carboxylic acids is 2. The summed E-state index contributed by atoms with van der Waals surface area (Å²) in [6.07, 6.45) is 1.72. The summed E-state index contributed by atoms with van der Waals surface area (Å²) < 4.78 is 10.1. The third kappa shape index (κ3) is 3.02. The van der Waals surface area contributed by atoms with Gasteiger partial charge in [-0.25, -0.2) is 0 Å². The van der Waals surface area contributed by atoms with E-state index in [0.29, 0.717) is 19.6 Å². The van der Waals surface area contributed by atoms with Gasteiger partial charge in [0.25, 0.3) is 0 Å². The van der Waals surface area contributed by atoms with Gasteiger partial charge in [0, 0.05) is 6.61 Å². The van der Waals surface area contributed by atoms with Crippen molar-refractivity contribution >= 4 is 11.8 Å². The van der Waals surface area contributed by atoms with Crippen molar-refractivity contribution in [2.24, 2.45) is 5.92 Å². The number of ketones is 1. The van der Waals surface area contributed by atoms with Crippen molar-refractivity contribution in [3.63, 3.8) is 0 Å². The molecule has 0 radical (unpaired) electrons. The van der Waals surface area contributed by atoms with E-state index in [1.807, 2.05) is 6.92 Å². The smallest absolute Gasteiger partial charge is 0.316 e. The summed E-state index contributed by atoms with van der Waals surface area (Å²) in [7, 11) is 0. The Hall–Kier alpha value is -0.900. The zero-order chi connectivity index (χ0) is 11.3. The maximum Gasteiger partial charge on any atom is 0.316 e. The zero-order valence-electron chi connectivity index (χ0n) is 9.32. The first-order valence-corrected chi connectivity index (χ1v) is 5.52. The number of ether oxygens (including phenoxy) is 2. The fraction of sp³-hybridized carbons (Fsp3) is 0.818. The molecule has 0 aromatic carbocycles. The van der Waals surface area contributed by atoms with E-state index < -0.39 is 11.9 Å². The van der Waals surface area contributed by atoms with Gasteiger partial charge in [0.2, 0.25) is 0 Å². The van der Waals surface area contributed by atoms with Gasteiger partial charge < -0.3 is 9.47 Å². The Morgan fingerprint density at radius 3 is 2.67 bits per heavy atom. The van der Waals surface area contributed by atoms with Crippen LogP contribution in [0.1, 0.15) is 33.1 Å². The van der Waals surface area contributed by atoms with Gasteiger partial charge in [0.15, 0.2) is 5.78 Å². The molecule has 0 aromatic rings. The van der Waals surface area contributed by atoms with Crippen LogP contribution in [-0.2, 0) is 19.1 Å². The summed E-state index contributed by atoms with van der Waals surface area (Å²) in [6, 6.07) is 0. The van der Waals surface area contributed by atoms with Crippen LogP contribution in [-0.4, -0.2) is 31.1 Å². The summed E-state index contributed by atoms with van der Waals surface area (Å²) >= 11 is 0. The molecule has 1 fully saturated rings. The normalized spacial score (nSPS) is 22.4. The van der Waals surface area contributed by atoms with Crippen molar-refractivity contribution < 1.29 is 19.1 Å². The lowest BCUT2D eigenvalue weighted by Gasteiger charge is -2.15. The minimum atomic E-state index is -0.645. The molecular weight excluding hydrogens is 196 g/mol. The average molecular weight is 214 g/mol. The van der Waals surface area contributed by atoms with Gasteiger partial charge in [0.1, 0.15) is 12.0 Å². The van der Waals surface area contributed by atoms with E-state index in [-0.39, 0.29) is 11.9 Å². The third-order valence-corrected chi connectivity index (χ3v) is 2.57. The molecule has 1 aliphatic rings. The van der Waals surface area contributed by atoms with Crippen LogP contribution in [0.15, 0.2) is 0 Å². The first-order valence-electron chi connectivity index (χ1n) is 5.52. The van der Waals surface area contributed by atoms with Gasteiger partial charge in [-0.2, -0.15) is 0 Å². The molecule has 0 aliphatic carbocycles. The maximum absolute atomic E-state index is 11.9. The molecule has 4 nitrogen and oxygen atoms in total. The SMILES string of the molecule is CCOC(=O)C(CC)C(=O)C1CCCO1. The Bertz CT molecular complexity index is 231. The van der Waals surface area contributed by atoms with E-state index in [9.17, 15) is 9.59 Å². The third-order valence-electron chi connectivity index (χ3n) is 2.57. The van der Waals surface area contributed by atoms with E-state index in [1.165, 1.54) is 0 Å². The van der Waals surface area contributed by atoms with Gasteiger partial charge in [0.05, 0.1) is 6.61 Å². The molecule has 1 heterocycles. The summed E-state index contributed by atoms with van der Waals surface area (Å²) in [5, 5.41) is 0. The van der Waals surface area contributed by atoms with Crippen LogP contribution in [0.5, 0.6) is 0 Å². The fourth-order valence-corrected chi connectivity index (χ4v) is 1.75. The molecule has 0 spiro atoms. The molecule has 1 aliphatic heterocycles. The van der Waals surface area contributed by atoms with Gasteiger partial charge in [-0.15, -0.1) is 0 Å². The monoisotopic (exact) mass is 214 g/mol. The lowest BCUT2D eigenvalue weighted by atomic mass is 9.96. The molecule has 0 amide bonds. The number of hydrogen-bond acceptors (Lipinski definition) is 4. The summed E-state index contributed by atoms with van der Waals surface area (Å²) in [5.41, 5.74) is 0. The minimum Gasteiger partial charge on any atom is -0.465 e. The van der Waals surface area contributed by atoms with Crippen molar-refractivity contribution in [1.29, 1.82) is 0 Å². The van der Waals surface area contributed by atoms with E-state index in [4.69, 9.17) is 9.47 Å². The second-order valence-corrected chi connectivity index (χ2v) is 3.62. The van der Waals surface area contributed by atoms with Crippen molar-refractivity contribution in [1.82, 2.24) is 0 Å². The zero-order valence-corrected chi connectivity index (χ0v) is 9.32. The second kappa shape index (κ2) is 5.85. The van der Waals surface area contributed by atoms with Crippen LogP contribution in [0.25, 0.3) is 0 Å². The highest BCUT2D eigenvalue weighted by atomic mass is 16.5. The number of carbonyl (C=O) groups is 2. The molecule has 0 bridgehead atoms. The van der Waals surface area contributed by atoms with Crippen molar-refractivity contribution in [2.45, 2.75) is 39.2 Å². The summed E-state index contributed by atoms with van der Waals surface area (Å²) in [6.45, 7) is 4.49. The molecule has 0 N–H and O–H groups in total. The van der Waals surface area contributed by atoms with Crippen LogP contribution < -0.4 is 0 Å². The van der Waals surface area contributed by atoms with Crippen molar-refractivity contribution in [3.8, 4) is 0 Å². The number of rotatable bonds is 5. The van der Waals surface area contributed by atoms with E-state index >= 15 is 0 Å². The van der Waals surface area contributed by atoms with Gasteiger partial charge in [-0.05, 0) is 26.2 Å². The van der Waals surface area contributed by atoms with Crippen molar-refractivity contribution in [2.75, 3.05) is 13.2 Å². The highest BCUT2D eigenvalue weighted by Gasteiger charge is 2.34. The molecule has 86 valence electrons. The molecule has 15 heavy (non-hydrogen) atoms. The van der Waals surface area contributed by atoms with E-state index in [0.717, 1.165) is 12.8 Å². The summed E-state index contributed by atoms with van der Waals surface area (Å²) in [4.78, 5) is 23.3. The standard InChI is InChI=1S/C11H18O4/c1-3-8(11(13)14-4-2)10(12)9-6-5-7-15-9/h8-9H,3-7H2,1-2H3. The van der Waals surface area contributed by atoms with Crippen molar-refractivity contribution in [3.05, 3.63) is 0 Å². The van der Waals surface area contributed by atoms with Crippen LogP contribution in [0, 0.1) is 5.92 Å². The second-order valence-electron chi connectivity index (χ2n) is 3.62. The fourth-order valence-electron chi connectivity index (χ4n) is 1.75. The van der Waals surface area contributed by atoms with Gasteiger partial charge in [-0.1, -0.05) is 6.92 Å². The minimum absolute atomic E-state index is 0.117. The van der Waals surface area contributed by atoms with Crippen LogP contribution >= 0.6 is 0 Å². The molecule has 1 rings (SSSR count). The number of esters is 1. The number of Topliss-reactive ketones (excluding diaryl/α,β-unsaturated/α-hetero) is 1. The Morgan fingerprint density at radius 1 is 1.47 bits per heavy atom. The quantitative estimate of drug-likeness (QED) is 0.511. The Balaban J connectivity index is 2.56. The molecule has 0 aromatic heterocycles. The predicted molar refractivity (Wildman–Crippen MR) is 54.4 cm³/mol. The lowest BCUT2D eigenvalue weighted by molar-refractivity contribution is -0.154.